The average molecular weight is 410 g/mol. The highest BCUT2D eigenvalue weighted by atomic mass is 32.2. The number of fused-ring (bicyclic) bond motifs is 2. The quantitative estimate of drug-likeness (QED) is 0.703. The Morgan fingerprint density at radius 3 is 2.58 bits per heavy atom. The van der Waals surface area contributed by atoms with Crippen LogP contribution in [0.1, 0.15) is 28.9 Å². The summed E-state index contributed by atoms with van der Waals surface area (Å²) in [5.74, 6) is -0.0224. The maximum atomic E-state index is 12.5. The molecular weight excluding hydrogens is 390 g/mol. The van der Waals surface area contributed by atoms with E-state index in [2.05, 4.69) is 10.6 Å². The normalized spacial score (nSPS) is 24.7. The highest BCUT2D eigenvalue weighted by Crippen LogP contribution is 2.34. The predicted molar refractivity (Wildman–Crippen MR) is 102 cm³/mol. The fourth-order valence-electron chi connectivity index (χ4n) is 3.53. The molecule has 2 bridgehead atoms. The van der Waals surface area contributed by atoms with Gasteiger partial charge in [0.25, 0.3) is 5.91 Å². The number of primary sulfonamides is 1. The first-order valence-corrected chi connectivity index (χ1v) is 11.5. The number of amides is 1. The summed E-state index contributed by atoms with van der Waals surface area (Å²) in [4.78, 5) is 14.2. The molecular formula is C17H19N3O3S3. The summed E-state index contributed by atoms with van der Waals surface area (Å²) < 4.78 is 23.6. The lowest BCUT2D eigenvalue weighted by molar-refractivity contribution is 0.0935. The van der Waals surface area contributed by atoms with Gasteiger partial charge in [0.05, 0.1) is 14.0 Å². The van der Waals surface area contributed by atoms with Crippen LogP contribution < -0.4 is 15.8 Å². The van der Waals surface area contributed by atoms with Crippen LogP contribution in [0, 0.1) is 0 Å². The number of benzene rings is 1. The van der Waals surface area contributed by atoms with Crippen molar-refractivity contribution >= 4 is 39.0 Å². The molecule has 4 N–H and O–H groups in total. The predicted octanol–water partition coefficient (Wildman–Crippen LogP) is 2.17. The Balaban J connectivity index is 1.39. The van der Waals surface area contributed by atoms with Crippen LogP contribution in [-0.4, -0.2) is 32.5 Å². The maximum absolute atomic E-state index is 12.5. The summed E-state index contributed by atoms with van der Waals surface area (Å²) in [7, 11) is -3.68. The van der Waals surface area contributed by atoms with Crippen molar-refractivity contribution in [2.45, 2.75) is 51.4 Å². The number of carbonyl (C=O) groups is 1. The maximum Gasteiger partial charge on any atom is 0.261 e. The van der Waals surface area contributed by atoms with E-state index in [1.165, 1.54) is 41.7 Å². The standard InChI is InChI=1S/C17H19N3O3S3/c18-26(22,23)12-4-2-11(3-5-12)24-16-8-7-15(25-16)17(21)20-14-9-10-1-6-13(14)19-10/h2-5,7-8,10,13-14,19H,1,6,9H2,(H,20,21)(H2,18,22,23)/t10-,13+,14-/m1/s1. The van der Waals surface area contributed by atoms with Gasteiger partial charge in [0.15, 0.2) is 0 Å². The van der Waals surface area contributed by atoms with E-state index in [4.69, 9.17) is 5.14 Å². The van der Waals surface area contributed by atoms with E-state index < -0.39 is 10.0 Å². The molecule has 0 unspecified atom stereocenters. The van der Waals surface area contributed by atoms with Gasteiger partial charge in [-0.3, -0.25) is 4.79 Å². The first-order valence-electron chi connectivity index (χ1n) is 8.36. The minimum absolute atomic E-state index is 0.0224. The van der Waals surface area contributed by atoms with Gasteiger partial charge in [0.2, 0.25) is 10.0 Å². The van der Waals surface area contributed by atoms with Gasteiger partial charge >= 0.3 is 0 Å². The second-order valence-corrected chi connectivity index (χ2v) is 10.6. The molecule has 1 aromatic carbocycles. The smallest absolute Gasteiger partial charge is 0.261 e. The molecule has 0 aliphatic carbocycles. The Kier molecular flexibility index (Phi) is 4.83. The van der Waals surface area contributed by atoms with Crippen molar-refractivity contribution in [1.82, 2.24) is 10.6 Å². The Labute approximate surface area is 160 Å². The molecule has 6 nitrogen and oxygen atoms in total. The van der Waals surface area contributed by atoms with Crippen molar-refractivity contribution in [3.8, 4) is 0 Å². The molecule has 2 saturated heterocycles. The van der Waals surface area contributed by atoms with Gasteiger partial charge in [0, 0.05) is 23.0 Å². The summed E-state index contributed by atoms with van der Waals surface area (Å²) >= 11 is 2.93. The molecule has 2 aromatic rings. The second kappa shape index (κ2) is 6.97. The highest BCUT2D eigenvalue weighted by molar-refractivity contribution is 8.01. The molecule has 3 heterocycles. The van der Waals surface area contributed by atoms with Crippen molar-refractivity contribution < 1.29 is 13.2 Å². The number of nitrogens with two attached hydrogens (primary N) is 1. The lowest BCUT2D eigenvalue weighted by Crippen LogP contribution is -2.42. The van der Waals surface area contributed by atoms with E-state index >= 15 is 0 Å². The Morgan fingerprint density at radius 2 is 1.96 bits per heavy atom. The van der Waals surface area contributed by atoms with Gasteiger partial charge < -0.3 is 10.6 Å². The summed E-state index contributed by atoms with van der Waals surface area (Å²) in [5.41, 5.74) is 0. The summed E-state index contributed by atoms with van der Waals surface area (Å²) in [5, 5.41) is 11.8. The summed E-state index contributed by atoms with van der Waals surface area (Å²) in [6, 6.07) is 11.3. The Morgan fingerprint density at radius 1 is 1.19 bits per heavy atom. The zero-order chi connectivity index (χ0) is 18.3. The monoisotopic (exact) mass is 409 g/mol. The third-order valence-corrected chi connectivity index (χ3v) is 7.95. The van der Waals surface area contributed by atoms with E-state index in [1.807, 2.05) is 12.1 Å². The van der Waals surface area contributed by atoms with E-state index in [-0.39, 0.29) is 16.8 Å². The van der Waals surface area contributed by atoms with Crippen LogP contribution in [-0.2, 0) is 10.0 Å². The van der Waals surface area contributed by atoms with Crippen molar-refractivity contribution in [3.63, 3.8) is 0 Å². The molecule has 2 fully saturated rings. The van der Waals surface area contributed by atoms with E-state index in [1.54, 1.807) is 12.1 Å². The van der Waals surface area contributed by atoms with Gasteiger partial charge in [-0.25, -0.2) is 13.6 Å². The molecule has 3 atom stereocenters. The van der Waals surface area contributed by atoms with Gasteiger partial charge in [-0.15, -0.1) is 11.3 Å². The molecule has 0 radical (unpaired) electrons. The molecule has 0 spiro atoms. The number of carbonyl (C=O) groups excluding carboxylic acids is 1. The lowest BCUT2D eigenvalue weighted by atomic mass is 9.95. The SMILES string of the molecule is NS(=O)(=O)c1ccc(Sc2ccc(C(=O)N[C@@H]3C[C@H]4CC[C@@H]3N4)s2)cc1. The fourth-order valence-corrected chi connectivity index (χ4v) is 6.05. The van der Waals surface area contributed by atoms with Gasteiger partial charge in [0.1, 0.15) is 0 Å². The van der Waals surface area contributed by atoms with Crippen molar-refractivity contribution in [2.75, 3.05) is 0 Å². The summed E-state index contributed by atoms with van der Waals surface area (Å²) in [6.45, 7) is 0. The fraction of sp³-hybridized carbons (Fsp3) is 0.353. The minimum atomic E-state index is -3.68. The number of rotatable bonds is 5. The van der Waals surface area contributed by atoms with E-state index in [0.29, 0.717) is 17.0 Å². The average Bonchev–Trinajstić information content (AvgIpc) is 3.31. The zero-order valence-corrected chi connectivity index (χ0v) is 16.3. The van der Waals surface area contributed by atoms with Crippen LogP contribution in [0.15, 0.2) is 50.4 Å². The van der Waals surface area contributed by atoms with Crippen LogP contribution in [0.25, 0.3) is 0 Å². The summed E-state index contributed by atoms with van der Waals surface area (Å²) in [6.07, 6.45) is 3.36. The molecule has 138 valence electrons. The van der Waals surface area contributed by atoms with Crippen LogP contribution in [0.3, 0.4) is 0 Å². The third-order valence-electron chi connectivity index (χ3n) is 4.79. The van der Waals surface area contributed by atoms with Crippen molar-refractivity contribution in [3.05, 3.63) is 41.3 Å². The molecule has 1 amide bonds. The molecule has 2 aliphatic heterocycles. The number of nitrogens with one attached hydrogen (secondary N) is 2. The largest absolute Gasteiger partial charge is 0.347 e. The van der Waals surface area contributed by atoms with Crippen LogP contribution in [0.5, 0.6) is 0 Å². The molecule has 26 heavy (non-hydrogen) atoms. The van der Waals surface area contributed by atoms with E-state index in [9.17, 15) is 13.2 Å². The highest BCUT2D eigenvalue weighted by Gasteiger charge is 2.39. The lowest BCUT2D eigenvalue weighted by Gasteiger charge is -2.20. The molecule has 9 heteroatoms. The third kappa shape index (κ3) is 3.81. The van der Waals surface area contributed by atoms with Gasteiger partial charge in [-0.1, -0.05) is 11.8 Å². The zero-order valence-electron chi connectivity index (χ0n) is 13.8. The first-order chi connectivity index (χ1) is 12.4. The topological polar surface area (TPSA) is 101 Å². The van der Waals surface area contributed by atoms with Gasteiger partial charge in [-0.05, 0) is 55.7 Å². The number of hydrogen-bond donors (Lipinski definition) is 3. The second-order valence-electron chi connectivity index (χ2n) is 6.60. The van der Waals surface area contributed by atoms with Crippen molar-refractivity contribution in [1.29, 1.82) is 0 Å². The molecule has 0 saturated carbocycles. The Hall–Kier alpha value is -1.39. The molecule has 2 aliphatic rings. The first kappa shape index (κ1) is 18.0. The van der Waals surface area contributed by atoms with Crippen LogP contribution >= 0.6 is 23.1 Å². The number of sulfonamides is 1. The number of thiophene rings is 1. The van der Waals surface area contributed by atoms with Gasteiger partial charge in [-0.2, -0.15) is 0 Å². The Bertz CT molecular complexity index is 924. The number of hydrogen-bond acceptors (Lipinski definition) is 6. The van der Waals surface area contributed by atoms with Crippen LogP contribution in [0.4, 0.5) is 0 Å². The van der Waals surface area contributed by atoms with E-state index in [0.717, 1.165) is 21.9 Å². The minimum Gasteiger partial charge on any atom is -0.347 e. The van der Waals surface area contributed by atoms with Crippen LogP contribution in [0.2, 0.25) is 0 Å². The van der Waals surface area contributed by atoms with Crippen molar-refractivity contribution in [2.24, 2.45) is 5.14 Å². The molecule has 4 rings (SSSR count). The molecule has 1 aromatic heterocycles.